The first-order valence-electron chi connectivity index (χ1n) is 12.0. The summed E-state index contributed by atoms with van der Waals surface area (Å²) in [7, 11) is 0. The lowest BCUT2D eigenvalue weighted by Gasteiger charge is -2.56. The summed E-state index contributed by atoms with van der Waals surface area (Å²) >= 11 is 0. The Kier molecular flexibility index (Phi) is 3.94. The zero-order valence-electron chi connectivity index (χ0n) is 18.8. The minimum Gasteiger partial charge on any atom is -0.466 e. The predicted molar refractivity (Wildman–Crippen MR) is 116 cm³/mol. The fourth-order valence-electron chi connectivity index (χ4n) is 8.08. The van der Waals surface area contributed by atoms with Crippen LogP contribution in [-0.2, 0) is 14.3 Å². The van der Waals surface area contributed by atoms with Crippen molar-refractivity contribution in [2.45, 2.75) is 83.7 Å². The second-order valence-corrected chi connectivity index (χ2v) is 11.1. The van der Waals surface area contributed by atoms with Crippen molar-refractivity contribution in [3.63, 3.8) is 0 Å². The van der Waals surface area contributed by atoms with Crippen LogP contribution < -0.4 is 0 Å². The number of ether oxygens (including phenoxy) is 1. The van der Waals surface area contributed by atoms with E-state index in [0.717, 1.165) is 50.0 Å². The van der Waals surface area contributed by atoms with Gasteiger partial charge < -0.3 is 9.15 Å². The van der Waals surface area contributed by atoms with E-state index in [9.17, 15) is 9.59 Å². The van der Waals surface area contributed by atoms with Crippen molar-refractivity contribution in [3.05, 3.63) is 47.0 Å². The summed E-state index contributed by atoms with van der Waals surface area (Å²) in [6, 6.07) is 4.20. The molecule has 4 aliphatic carbocycles. The molecule has 1 aromatic rings. The molecule has 0 aromatic carbocycles. The zero-order chi connectivity index (χ0) is 21.6. The molecule has 0 radical (unpaired) electrons. The van der Waals surface area contributed by atoms with E-state index in [2.05, 4.69) is 32.1 Å². The summed E-state index contributed by atoms with van der Waals surface area (Å²) in [4.78, 5) is 24.5. The number of hydrogen-bond acceptors (Lipinski definition) is 4. The van der Waals surface area contributed by atoms with Gasteiger partial charge in [0.25, 0.3) is 0 Å². The van der Waals surface area contributed by atoms with Crippen LogP contribution >= 0.6 is 0 Å². The van der Waals surface area contributed by atoms with Gasteiger partial charge in [-0.1, -0.05) is 31.1 Å². The van der Waals surface area contributed by atoms with Crippen molar-refractivity contribution in [1.82, 2.24) is 0 Å². The lowest BCUT2D eigenvalue weighted by Crippen LogP contribution is -2.52. The molecule has 4 heteroatoms. The number of rotatable bonds is 1. The van der Waals surface area contributed by atoms with Gasteiger partial charge in [-0.15, -0.1) is 0 Å². The summed E-state index contributed by atoms with van der Waals surface area (Å²) in [5, 5.41) is 0. The minimum atomic E-state index is -0.306. The van der Waals surface area contributed by atoms with Gasteiger partial charge >= 0.3 is 5.97 Å². The number of carbonyl (C=O) groups is 2. The van der Waals surface area contributed by atoms with Gasteiger partial charge in [0.1, 0.15) is 17.1 Å². The molecule has 2 saturated carbocycles. The molecule has 1 aliphatic heterocycles. The molecule has 5 aliphatic rings. The summed E-state index contributed by atoms with van der Waals surface area (Å²) < 4.78 is 12.3. The van der Waals surface area contributed by atoms with Crippen LogP contribution in [0.15, 0.2) is 39.8 Å². The molecule has 1 saturated heterocycles. The van der Waals surface area contributed by atoms with Crippen molar-refractivity contribution in [2.24, 2.45) is 22.7 Å². The minimum absolute atomic E-state index is 0.0264. The average Bonchev–Trinajstić information content (AvgIpc) is 3.41. The summed E-state index contributed by atoms with van der Waals surface area (Å²) in [5.74, 6) is 3.29. The van der Waals surface area contributed by atoms with E-state index in [-0.39, 0.29) is 34.1 Å². The van der Waals surface area contributed by atoms with Crippen LogP contribution in [-0.4, -0.2) is 17.4 Å². The monoisotopic (exact) mass is 420 g/mol. The van der Waals surface area contributed by atoms with Crippen molar-refractivity contribution in [2.75, 3.05) is 0 Å². The Labute approximate surface area is 184 Å². The first kappa shape index (κ1) is 19.6. The molecular weight excluding hydrogens is 388 g/mol. The Hall–Kier alpha value is -2.10. The maximum absolute atomic E-state index is 12.3. The van der Waals surface area contributed by atoms with Crippen LogP contribution in [0.1, 0.15) is 82.7 Å². The Balaban J connectivity index is 1.50. The molecule has 6 rings (SSSR count). The smallest absolute Gasteiger partial charge is 0.306 e. The normalized spacial score (nSPS) is 43.8. The lowest BCUT2D eigenvalue weighted by atomic mass is 9.48. The first-order chi connectivity index (χ1) is 14.8. The Morgan fingerprint density at radius 3 is 2.61 bits per heavy atom. The van der Waals surface area contributed by atoms with E-state index in [4.69, 9.17) is 9.15 Å². The predicted octanol–water partition coefficient (Wildman–Crippen LogP) is 5.81. The van der Waals surface area contributed by atoms with E-state index in [0.29, 0.717) is 24.7 Å². The zero-order valence-corrected chi connectivity index (χ0v) is 18.8. The van der Waals surface area contributed by atoms with Gasteiger partial charge in [-0.2, -0.15) is 0 Å². The number of furan rings is 1. The van der Waals surface area contributed by atoms with Gasteiger partial charge in [-0.05, 0) is 75.5 Å². The van der Waals surface area contributed by atoms with Gasteiger partial charge in [0.15, 0.2) is 5.78 Å². The molecule has 31 heavy (non-hydrogen) atoms. The number of fused-ring (bicyclic) bond motifs is 6. The first-order valence-corrected chi connectivity index (χ1v) is 12.0. The molecule has 2 heterocycles. The van der Waals surface area contributed by atoms with Gasteiger partial charge in [0.05, 0.1) is 0 Å². The van der Waals surface area contributed by atoms with Crippen LogP contribution in [0.4, 0.5) is 0 Å². The summed E-state index contributed by atoms with van der Waals surface area (Å²) in [6.07, 6.45) is 11.3. The fraction of sp³-hybridized carbons (Fsp3) is 0.630. The molecule has 0 bridgehead atoms. The van der Waals surface area contributed by atoms with E-state index in [1.165, 1.54) is 11.1 Å². The average molecular weight is 421 g/mol. The third-order valence-electron chi connectivity index (χ3n) is 9.85. The maximum Gasteiger partial charge on any atom is 0.306 e. The Morgan fingerprint density at radius 1 is 1.06 bits per heavy atom. The van der Waals surface area contributed by atoms with Crippen LogP contribution in [0.2, 0.25) is 0 Å². The Bertz CT molecular complexity index is 1040. The van der Waals surface area contributed by atoms with Gasteiger partial charge in [-0.3, -0.25) is 9.59 Å². The molecule has 3 fully saturated rings. The number of ketones is 1. The fourth-order valence-corrected chi connectivity index (χ4v) is 8.08. The van der Waals surface area contributed by atoms with Crippen LogP contribution in [0, 0.1) is 29.6 Å². The highest BCUT2D eigenvalue weighted by atomic mass is 16.6. The van der Waals surface area contributed by atoms with Gasteiger partial charge in [0.2, 0.25) is 0 Å². The van der Waals surface area contributed by atoms with Crippen LogP contribution in [0.25, 0.3) is 0 Å². The number of carbonyl (C=O) groups excluding carboxylic acids is 2. The van der Waals surface area contributed by atoms with E-state index in [1.54, 1.807) is 0 Å². The largest absolute Gasteiger partial charge is 0.466 e. The molecule has 164 valence electrons. The highest BCUT2D eigenvalue weighted by Gasteiger charge is 2.66. The lowest BCUT2D eigenvalue weighted by molar-refractivity contribution is -0.160. The van der Waals surface area contributed by atoms with Crippen LogP contribution in [0.5, 0.6) is 0 Å². The third kappa shape index (κ3) is 2.48. The van der Waals surface area contributed by atoms with E-state index >= 15 is 0 Å². The molecule has 4 unspecified atom stereocenters. The summed E-state index contributed by atoms with van der Waals surface area (Å²) in [6.45, 7) is 6.74. The molecule has 1 aromatic heterocycles. The number of aryl methyl sites for hydroxylation is 1. The SMILES string of the molecule is Cc1ccc([C@@H]2CC3=CC(=O)CCC3(C)C3=CCC4(C)[C@@H](CCC45CCC(=O)O5)C32)o1. The maximum atomic E-state index is 12.3. The quantitative estimate of drug-likeness (QED) is 0.425. The highest BCUT2D eigenvalue weighted by Crippen LogP contribution is 2.70. The summed E-state index contributed by atoms with van der Waals surface area (Å²) in [5.41, 5.74) is 2.43. The standard InChI is InChI=1S/C27H32O4/c1-16-4-5-22(30-16)19-15-17-14-18(28)6-10-25(17,2)20-7-11-26(3)21(24(19)20)8-12-27(26)13-9-23(29)31-27/h4-5,7,14,19,21,24H,6,8-13,15H2,1-3H3/t19-,21-,24?,25?,26?,27?/m0/s1. The molecule has 0 N–H and O–H groups in total. The molecule has 0 amide bonds. The van der Waals surface area contributed by atoms with Crippen molar-refractivity contribution in [1.29, 1.82) is 0 Å². The number of allylic oxidation sites excluding steroid dienone is 4. The molecule has 4 nitrogen and oxygen atoms in total. The van der Waals surface area contributed by atoms with Crippen molar-refractivity contribution < 1.29 is 18.7 Å². The van der Waals surface area contributed by atoms with Crippen molar-refractivity contribution >= 4 is 11.8 Å². The Morgan fingerprint density at radius 2 is 1.90 bits per heavy atom. The topological polar surface area (TPSA) is 56.5 Å². The van der Waals surface area contributed by atoms with E-state index < -0.39 is 0 Å². The van der Waals surface area contributed by atoms with E-state index in [1.807, 2.05) is 13.0 Å². The number of esters is 1. The van der Waals surface area contributed by atoms with Crippen molar-refractivity contribution in [3.8, 4) is 0 Å². The van der Waals surface area contributed by atoms with Crippen LogP contribution in [0.3, 0.4) is 0 Å². The highest BCUT2D eigenvalue weighted by molar-refractivity contribution is 5.92. The molecular formula is C27H32O4. The second-order valence-electron chi connectivity index (χ2n) is 11.1. The van der Waals surface area contributed by atoms with Gasteiger partial charge in [-0.25, -0.2) is 0 Å². The molecule has 1 spiro atoms. The third-order valence-corrected chi connectivity index (χ3v) is 9.85. The number of hydrogen-bond donors (Lipinski definition) is 0. The second kappa shape index (κ2) is 6.24. The van der Waals surface area contributed by atoms with Gasteiger partial charge in [0, 0.05) is 29.6 Å². The molecule has 6 atom stereocenters.